The number of carboxylic acid groups (broad SMARTS) is 1. The average molecular weight is 246 g/mol. The Balaban J connectivity index is 4.17. The molecular weight excluding hydrogens is 228 g/mol. The number of nitrogens with one attached hydrogen (secondary N) is 2. The fourth-order valence-corrected chi connectivity index (χ4v) is 1.06. The average Bonchev–Trinajstić information content (AvgIpc) is 2.25. The molecule has 0 aromatic heterocycles. The Kier molecular flexibility index (Phi) is 6.69. The number of urea groups is 1. The van der Waals surface area contributed by atoms with Gasteiger partial charge in [0.2, 0.25) is 0 Å². The second-order valence-electron chi connectivity index (χ2n) is 3.39. The van der Waals surface area contributed by atoms with Crippen molar-refractivity contribution in [1.29, 1.82) is 0 Å². The van der Waals surface area contributed by atoms with Crippen LogP contribution in [0, 0.1) is 0 Å². The van der Waals surface area contributed by atoms with E-state index in [4.69, 9.17) is 5.11 Å². The molecule has 0 radical (unpaired) electrons. The Morgan fingerprint density at radius 2 is 1.82 bits per heavy atom. The van der Waals surface area contributed by atoms with Gasteiger partial charge in [0.05, 0.1) is 6.61 Å². The van der Waals surface area contributed by atoms with E-state index >= 15 is 0 Å². The Morgan fingerprint density at radius 3 is 2.24 bits per heavy atom. The maximum Gasteiger partial charge on any atom is 0.328 e. The fraction of sp³-hybridized carbons (Fsp3) is 0.700. The number of aliphatic carboxylic acids is 1. The van der Waals surface area contributed by atoms with Crippen molar-refractivity contribution in [2.45, 2.75) is 39.3 Å². The van der Waals surface area contributed by atoms with Gasteiger partial charge in [-0.2, -0.15) is 0 Å². The van der Waals surface area contributed by atoms with E-state index in [9.17, 15) is 14.4 Å². The van der Waals surface area contributed by atoms with E-state index in [2.05, 4.69) is 15.4 Å². The third kappa shape index (κ3) is 5.74. The van der Waals surface area contributed by atoms with E-state index in [1.54, 1.807) is 13.8 Å². The summed E-state index contributed by atoms with van der Waals surface area (Å²) in [7, 11) is 0. The summed E-state index contributed by atoms with van der Waals surface area (Å²) in [6, 6.07) is -2.49. The first-order chi connectivity index (χ1) is 7.92. The van der Waals surface area contributed by atoms with Crippen molar-refractivity contribution in [2.24, 2.45) is 0 Å². The second-order valence-corrected chi connectivity index (χ2v) is 3.39. The SMILES string of the molecule is CCOC(=O)C(C)NC(=O)N[C@H](CC)C(=O)O. The van der Waals surface area contributed by atoms with Crippen LogP contribution in [0.3, 0.4) is 0 Å². The van der Waals surface area contributed by atoms with Gasteiger partial charge in [-0.25, -0.2) is 14.4 Å². The first kappa shape index (κ1) is 15.2. The highest BCUT2D eigenvalue weighted by Gasteiger charge is 2.21. The standard InChI is InChI=1S/C10H18N2O5/c1-4-7(8(13)14)12-10(16)11-6(3)9(15)17-5-2/h6-7H,4-5H2,1-3H3,(H,13,14)(H2,11,12,16)/t6?,7-/m1/s1. The molecule has 0 aliphatic carbocycles. The van der Waals surface area contributed by atoms with Crippen LogP contribution in [0.5, 0.6) is 0 Å². The van der Waals surface area contributed by atoms with Gasteiger partial charge >= 0.3 is 18.0 Å². The molecule has 0 fully saturated rings. The normalized spacial score (nSPS) is 13.4. The van der Waals surface area contributed by atoms with Gasteiger partial charge in [0, 0.05) is 0 Å². The van der Waals surface area contributed by atoms with Crippen LogP contribution < -0.4 is 10.6 Å². The highest BCUT2D eigenvalue weighted by molar-refractivity contribution is 5.86. The Bertz CT molecular complexity index is 292. The topological polar surface area (TPSA) is 105 Å². The minimum absolute atomic E-state index is 0.221. The molecule has 98 valence electrons. The van der Waals surface area contributed by atoms with Gasteiger partial charge in [-0.3, -0.25) is 0 Å². The number of rotatable bonds is 6. The monoisotopic (exact) mass is 246 g/mol. The summed E-state index contributed by atoms with van der Waals surface area (Å²) in [4.78, 5) is 33.2. The largest absolute Gasteiger partial charge is 0.480 e. The summed E-state index contributed by atoms with van der Waals surface area (Å²) in [6.45, 7) is 4.97. The molecule has 0 saturated heterocycles. The molecule has 0 aromatic rings. The van der Waals surface area contributed by atoms with Gasteiger partial charge in [0.1, 0.15) is 12.1 Å². The van der Waals surface area contributed by atoms with E-state index < -0.39 is 30.1 Å². The first-order valence-corrected chi connectivity index (χ1v) is 5.38. The lowest BCUT2D eigenvalue weighted by atomic mass is 10.2. The van der Waals surface area contributed by atoms with Gasteiger partial charge in [0.25, 0.3) is 0 Å². The third-order valence-electron chi connectivity index (χ3n) is 2.00. The number of hydrogen-bond acceptors (Lipinski definition) is 4. The lowest BCUT2D eigenvalue weighted by Gasteiger charge is -2.16. The van der Waals surface area contributed by atoms with Crippen molar-refractivity contribution in [3.8, 4) is 0 Å². The number of hydrogen-bond donors (Lipinski definition) is 3. The lowest BCUT2D eigenvalue weighted by molar-refractivity contribution is -0.144. The minimum Gasteiger partial charge on any atom is -0.480 e. The summed E-state index contributed by atoms with van der Waals surface area (Å²) in [5, 5.41) is 13.2. The summed E-state index contributed by atoms with van der Waals surface area (Å²) < 4.78 is 4.69. The lowest BCUT2D eigenvalue weighted by Crippen LogP contribution is -2.50. The maximum absolute atomic E-state index is 11.3. The minimum atomic E-state index is -1.12. The highest BCUT2D eigenvalue weighted by atomic mass is 16.5. The molecule has 0 rings (SSSR count). The van der Waals surface area contributed by atoms with E-state index in [-0.39, 0.29) is 13.0 Å². The van der Waals surface area contributed by atoms with Crippen LogP contribution in [0.1, 0.15) is 27.2 Å². The van der Waals surface area contributed by atoms with E-state index in [0.717, 1.165) is 0 Å². The molecule has 7 heteroatoms. The van der Waals surface area contributed by atoms with Gasteiger partial charge in [-0.05, 0) is 20.3 Å². The van der Waals surface area contributed by atoms with Crippen molar-refractivity contribution < 1.29 is 24.2 Å². The summed E-state index contributed by atoms with van der Waals surface area (Å²) >= 11 is 0. The van der Waals surface area contributed by atoms with Crippen molar-refractivity contribution in [2.75, 3.05) is 6.61 Å². The summed E-state index contributed by atoms with van der Waals surface area (Å²) in [5.74, 6) is -1.68. The van der Waals surface area contributed by atoms with Crippen LogP contribution in [-0.2, 0) is 14.3 Å². The van der Waals surface area contributed by atoms with Crippen LogP contribution >= 0.6 is 0 Å². The summed E-state index contributed by atoms with van der Waals surface area (Å²) in [5.41, 5.74) is 0. The predicted octanol–water partition coefficient (Wildman–Crippen LogP) is 0.100. The smallest absolute Gasteiger partial charge is 0.328 e. The van der Waals surface area contributed by atoms with E-state index in [0.29, 0.717) is 0 Å². The van der Waals surface area contributed by atoms with Gasteiger partial charge in [0.15, 0.2) is 0 Å². The van der Waals surface area contributed by atoms with Crippen LogP contribution in [0.4, 0.5) is 4.79 Å². The van der Waals surface area contributed by atoms with Crippen molar-refractivity contribution in [1.82, 2.24) is 10.6 Å². The molecule has 0 aliphatic heterocycles. The molecule has 2 amide bonds. The molecule has 0 heterocycles. The zero-order valence-electron chi connectivity index (χ0n) is 10.1. The van der Waals surface area contributed by atoms with Gasteiger partial charge in [-0.15, -0.1) is 0 Å². The molecule has 0 saturated carbocycles. The van der Waals surface area contributed by atoms with Crippen LogP contribution in [0.2, 0.25) is 0 Å². The van der Waals surface area contributed by atoms with Crippen LogP contribution in [0.25, 0.3) is 0 Å². The van der Waals surface area contributed by atoms with Crippen molar-refractivity contribution >= 4 is 18.0 Å². The quantitative estimate of drug-likeness (QED) is 0.576. The molecule has 1 unspecified atom stereocenters. The highest BCUT2D eigenvalue weighted by Crippen LogP contribution is 1.92. The van der Waals surface area contributed by atoms with Crippen LogP contribution in [0.15, 0.2) is 0 Å². The Morgan fingerprint density at radius 1 is 1.24 bits per heavy atom. The summed E-state index contributed by atoms with van der Waals surface area (Å²) in [6.07, 6.45) is 0.260. The molecule has 0 bridgehead atoms. The molecule has 0 spiro atoms. The van der Waals surface area contributed by atoms with E-state index in [1.165, 1.54) is 6.92 Å². The Hall–Kier alpha value is -1.79. The molecule has 2 atom stereocenters. The molecular formula is C10H18N2O5. The molecule has 7 nitrogen and oxygen atoms in total. The number of carbonyl (C=O) groups excluding carboxylic acids is 2. The Labute approximate surface area is 99.5 Å². The number of amides is 2. The number of esters is 1. The number of ether oxygens (including phenoxy) is 1. The zero-order chi connectivity index (χ0) is 13.4. The first-order valence-electron chi connectivity index (χ1n) is 5.38. The van der Waals surface area contributed by atoms with Crippen molar-refractivity contribution in [3.05, 3.63) is 0 Å². The van der Waals surface area contributed by atoms with Crippen molar-refractivity contribution in [3.63, 3.8) is 0 Å². The molecule has 3 N–H and O–H groups in total. The van der Waals surface area contributed by atoms with Gasteiger partial charge in [-0.1, -0.05) is 6.92 Å². The second kappa shape index (κ2) is 7.48. The van der Waals surface area contributed by atoms with Gasteiger partial charge < -0.3 is 20.5 Å². The predicted molar refractivity (Wildman–Crippen MR) is 59.5 cm³/mol. The van der Waals surface area contributed by atoms with E-state index in [1.807, 2.05) is 0 Å². The molecule has 0 aliphatic rings. The molecule has 0 aromatic carbocycles. The zero-order valence-corrected chi connectivity index (χ0v) is 10.1. The maximum atomic E-state index is 11.3. The van der Waals surface area contributed by atoms with Crippen LogP contribution in [-0.4, -0.2) is 41.8 Å². The molecule has 17 heavy (non-hydrogen) atoms. The number of carboxylic acids is 1. The number of carbonyl (C=O) groups is 3. The third-order valence-corrected chi connectivity index (χ3v) is 2.00. The fourth-order valence-electron chi connectivity index (χ4n) is 1.06.